The van der Waals surface area contributed by atoms with E-state index in [1.54, 1.807) is 6.07 Å². The second kappa shape index (κ2) is 12.0. The number of Topliss-reactive ketones (excluding diaryl/α,β-unsaturated/α-hetero) is 1. The zero-order valence-electron chi connectivity index (χ0n) is 22.7. The highest BCUT2D eigenvalue weighted by Gasteiger charge is 2.43. The van der Waals surface area contributed by atoms with Crippen molar-refractivity contribution in [1.29, 1.82) is 0 Å². The first-order valence-electron chi connectivity index (χ1n) is 13.8. The van der Waals surface area contributed by atoms with Crippen LogP contribution in [0.1, 0.15) is 58.3 Å². The molecule has 1 aliphatic carbocycles. The van der Waals surface area contributed by atoms with E-state index in [0.29, 0.717) is 56.2 Å². The number of hydrogen-bond acceptors (Lipinski definition) is 5. The van der Waals surface area contributed by atoms with Crippen molar-refractivity contribution >= 4 is 17.7 Å². The van der Waals surface area contributed by atoms with Gasteiger partial charge >= 0.3 is 5.97 Å². The molecule has 5 rings (SSSR count). The van der Waals surface area contributed by atoms with Gasteiger partial charge in [0.05, 0.1) is 12.7 Å². The molecule has 2 aliphatic rings. The summed E-state index contributed by atoms with van der Waals surface area (Å²) in [7, 11) is 1.38. The van der Waals surface area contributed by atoms with Gasteiger partial charge in [-0.3, -0.25) is 9.59 Å². The summed E-state index contributed by atoms with van der Waals surface area (Å²) in [5.74, 6) is 0.359. The summed E-state index contributed by atoms with van der Waals surface area (Å²) in [4.78, 5) is 39.9. The van der Waals surface area contributed by atoms with E-state index in [1.807, 2.05) is 48.2 Å². The van der Waals surface area contributed by atoms with E-state index in [1.165, 1.54) is 18.2 Å². The predicted octanol–water partition coefficient (Wildman–Crippen LogP) is 5.37. The number of benzene rings is 3. The fourth-order valence-corrected chi connectivity index (χ4v) is 5.73. The van der Waals surface area contributed by atoms with Crippen LogP contribution in [0.15, 0.2) is 66.7 Å². The summed E-state index contributed by atoms with van der Waals surface area (Å²) >= 11 is 0. The number of aryl methyl sites for hydroxylation is 1. The Bertz CT molecular complexity index is 1370. The van der Waals surface area contributed by atoms with Crippen molar-refractivity contribution in [1.82, 2.24) is 4.90 Å². The van der Waals surface area contributed by atoms with Gasteiger partial charge in [-0.1, -0.05) is 54.6 Å². The van der Waals surface area contributed by atoms with Crippen LogP contribution in [-0.4, -0.2) is 49.4 Å². The maximum Gasteiger partial charge on any atom is 0.337 e. The summed E-state index contributed by atoms with van der Waals surface area (Å²) in [6, 6.07) is 21.9. The van der Waals surface area contributed by atoms with E-state index in [0.717, 1.165) is 28.7 Å². The summed E-state index contributed by atoms with van der Waals surface area (Å²) in [6.45, 7) is 3.54. The van der Waals surface area contributed by atoms with Gasteiger partial charge in [-0.05, 0) is 77.6 Å². The van der Waals surface area contributed by atoms with E-state index in [-0.39, 0.29) is 24.4 Å². The molecular formula is C33H35NO5. The lowest BCUT2D eigenvalue weighted by atomic mass is 9.85. The highest BCUT2D eigenvalue weighted by Crippen LogP contribution is 2.48. The highest BCUT2D eigenvalue weighted by atomic mass is 16.5. The molecule has 0 bridgehead atoms. The van der Waals surface area contributed by atoms with E-state index in [4.69, 9.17) is 9.47 Å². The SMILES string of the molecule is CCOCC(=O)N1CCc2c(-c3cccc(C(=O)OC)c3)ccc(CCC(=O)C3CC3c3ccccc3)c2C1. The average Bonchev–Trinajstić information content (AvgIpc) is 3.79. The minimum atomic E-state index is -0.373. The van der Waals surface area contributed by atoms with Crippen LogP contribution in [-0.2, 0) is 38.4 Å². The van der Waals surface area contributed by atoms with Crippen LogP contribution < -0.4 is 0 Å². The molecule has 0 saturated heterocycles. The molecule has 1 heterocycles. The number of rotatable bonds is 10. The summed E-state index contributed by atoms with van der Waals surface area (Å²) in [6.07, 6.45) is 2.77. The van der Waals surface area contributed by atoms with Crippen molar-refractivity contribution in [3.8, 4) is 11.1 Å². The number of ketones is 1. The van der Waals surface area contributed by atoms with Crippen LogP contribution in [0, 0.1) is 5.92 Å². The molecule has 202 valence electrons. The molecule has 1 aliphatic heterocycles. The fraction of sp³-hybridized carbons (Fsp3) is 0.364. The van der Waals surface area contributed by atoms with Gasteiger partial charge in [0, 0.05) is 32.0 Å². The number of amides is 1. The molecule has 1 fully saturated rings. The Morgan fingerprint density at radius 2 is 1.79 bits per heavy atom. The lowest BCUT2D eigenvalue weighted by molar-refractivity contribution is -0.137. The fourth-order valence-electron chi connectivity index (χ4n) is 5.73. The number of nitrogens with zero attached hydrogens (tertiary/aromatic N) is 1. The largest absolute Gasteiger partial charge is 0.465 e. The third-order valence-electron chi connectivity index (χ3n) is 7.96. The molecule has 0 spiro atoms. The molecule has 2 atom stereocenters. The first kappa shape index (κ1) is 26.8. The third kappa shape index (κ3) is 5.96. The number of methoxy groups -OCH3 is 1. The van der Waals surface area contributed by atoms with Gasteiger partial charge in [0.15, 0.2) is 0 Å². The van der Waals surface area contributed by atoms with Crippen molar-refractivity contribution in [3.63, 3.8) is 0 Å². The normalized spacial score (nSPS) is 17.8. The molecular weight excluding hydrogens is 490 g/mol. The van der Waals surface area contributed by atoms with Crippen molar-refractivity contribution in [2.75, 3.05) is 26.9 Å². The summed E-state index contributed by atoms with van der Waals surface area (Å²) in [5, 5.41) is 0. The topological polar surface area (TPSA) is 72.9 Å². The first-order chi connectivity index (χ1) is 19.0. The number of carbonyl (C=O) groups excluding carboxylic acids is 3. The predicted molar refractivity (Wildman–Crippen MR) is 149 cm³/mol. The van der Waals surface area contributed by atoms with E-state index < -0.39 is 0 Å². The number of esters is 1. The second-order valence-electron chi connectivity index (χ2n) is 10.3. The Kier molecular flexibility index (Phi) is 8.22. The second-order valence-corrected chi connectivity index (χ2v) is 10.3. The van der Waals surface area contributed by atoms with Gasteiger partial charge in [0.25, 0.3) is 0 Å². The molecule has 39 heavy (non-hydrogen) atoms. The van der Waals surface area contributed by atoms with Gasteiger partial charge < -0.3 is 14.4 Å². The maximum absolute atomic E-state index is 13.1. The molecule has 0 radical (unpaired) electrons. The Labute approximate surface area is 229 Å². The Hall–Kier alpha value is -3.77. The van der Waals surface area contributed by atoms with Gasteiger partial charge in [0.1, 0.15) is 12.4 Å². The molecule has 1 amide bonds. The zero-order chi connectivity index (χ0) is 27.4. The van der Waals surface area contributed by atoms with Gasteiger partial charge in [-0.2, -0.15) is 0 Å². The molecule has 2 unspecified atom stereocenters. The van der Waals surface area contributed by atoms with Crippen LogP contribution in [0.5, 0.6) is 0 Å². The molecule has 3 aromatic carbocycles. The van der Waals surface area contributed by atoms with Crippen LogP contribution in [0.25, 0.3) is 11.1 Å². The number of ether oxygens (including phenoxy) is 2. The zero-order valence-corrected chi connectivity index (χ0v) is 22.7. The van der Waals surface area contributed by atoms with Gasteiger partial charge in [-0.15, -0.1) is 0 Å². The molecule has 1 saturated carbocycles. The highest BCUT2D eigenvalue weighted by molar-refractivity contribution is 5.91. The minimum Gasteiger partial charge on any atom is -0.465 e. The molecule has 3 aromatic rings. The summed E-state index contributed by atoms with van der Waals surface area (Å²) in [5.41, 5.74) is 7.13. The number of fused-ring (bicyclic) bond motifs is 1. The Balaban J connectivity index is 1.39. The molecule has 6 heteroatoms. The average molecular weight is 526 g/mol. The van der Waals surface area contributed by atoms with Gasteiger partial charge in [0.2, 0.25) is 5.91 Å². The smallest absolute Gasteiger partial charge is 0.337 e. The van der Waals surface area contributed by atoms with Crippen LogP contribution in [0.2, 0.25) is 0 Å². The van der Waals surface area contributed by atoms with E-state index >= 15 is 0 Å². The summed E-state index contributed by atoms with van der Waals surface area (Å²) < 4.78 is 10.3. The van der Waals surface area contributed by atoms with Crippen molar-refractivity contribution < 1.29 is 23.9 Å². The Morgan fingerprint density at radius 3 is 2.56 bits per heavy atom. The van der Waals surface area contributed by atoms with Gasteiger partial charge in [-0.25, -0.2) is 4.79 Å². The van der Waals surface area contributed by atoms with Crippen molar-refractivity contribution in [3.05, 3.63) is 94.5 Å². The van der Waals surface area contributed by atoms with Crippen LogP contribution in [0.4, 0.5) is 0 Å². The number of carbonyl (C=O) groups is 3. The lowest BCUT2D eigenvalue weighted by Crippen LogP contribution is -2.39. The van der Waals surface area contributed by atoms with Crippen molar-refractivity contribution in [2.45, 2.75) is 45.1 Å². The molecule has 0 aromatic heterocycles. The first-order valence-corrected chi connectivity index (χ1v) is 13.8. The van der Waals surface area contributed by atoms with E-state index in [9.17, 15) is 14.4 Å². The van der Waals surface area contributed by atoms with Crippen LogP contribution >= 0.6 is 0 Å². The minimum absolute atomic E-state index is 0.0219. The van der Waals surface area contributed by atoms with Crippen LogP contribution in [0.3, 0.4) is 0 Å². The standard InChI is InChI=1S/C33H35NO5/c1-3-39-21-32(36)34-17-16-27-26(24-10-7-11-25(18-24)33(37)38-2)14-12-23(30(27)20-34)13-15-31(35)29-19-28(29)22-8-5-4-6-9-22/h4-12,14,18,28-29H,3,13,15-17,19-21H2,1-2H3. The molecule has 6 nitrogen and oxygen atoms in total. The van der Waals surface area contributed by atoms with Crippen molar-refractivity contribution in [2.24, 2.45) is 5.92 Å². The lowest BCUT2D eigenvalue weighted by Gasteiger charge is -2.32. The maximum atomic E-state index is 13.1. The third-order valence-corrected chi connectivity index (χ3v) is 7.96. The Morgan fingerprint density at radius 1 is 0.974 bits per heavy atom. The van der Waals surface area contributed by atoms with E-state index in [2.05, 4.69) is 24.3 Å². The molecule has 0 N–H and O–H groups in total. The number of hydrogen-bond donors (Lipinski definition) is 0. The monoisotopic (exact) mass is 525 g/mol. The quantitative estimate of drug-likeness (QED) is 0.333.